The number of allylic oxidation sites excluding steroid dienone is 2. The molecule has 0 spiro atoms. The summed E-state index contributed by atoms with van der Waals surface area (Å²) in [6.07, 6.45) is 5.47. The summed E-state index contributed by atoms with van der Waals surface area (Å²) >= 11 is 0. The molecule has 0 bridgehead atoms. The van der Waals surface area contributed by atoms with E-state index in [1.807, 2.05) is 6.07 Å². The molecular formula is C21H20N2. The van der Waals surface area contributed by atoms with E-state index in [0.717, 1.165) is 17.7 Å². The van der Waals surface area contributed by atoms with Crippen LogP contribution in [0.2, 0.25) is 0 Å². The van der Waals surface area contributed by atoms with Gasteiger partial charge in [-0.05, 0) is 54.2 Å². The molecule has 1 aliphatic carbocycles. The smallest absolute Gasteiger partial charge is 0.104 e. The highest BCUT2D eigenvalue weighted by atomic mass is 14.9. The van der Waals surface area contributed by atoms with Gasteiger partial charge in [0.15, 0.2) is 0 Å². The molecule has 2 aromatic rings. The lowest BCUT2D eigenvalue weighted by molar-refractivity contribution is 1.23. The maximum Gasteiger partial charge on any atom is 0.104 e. The molecule has 0 radical (unpaired) electrons. The van der Waals surface area contributed by atoms with Gasteiger partial charge >= 0.3 is 0 Å². The van der Waals surface area contributed by atoms with E-state index in [2.05, 4.69) is 60.5 Å². The number of hydrogen-bond donors (Lipinski definition) is 1. The minimum absolute atomic E-state index is 0.695. The molecule has 0 amide bonds. The van der Waals surface area contributed by atoms with E-state index in [1.54, 1.807) is 5.57 Å². The van der Waals surface area contributed by atoms with Crippen molar-refractivity contribution in [1.29, 1.82) is 0 Å². The number of benzene rings is 2. The first-order valence-corrected chi connectivity index (χ1v) is 8.13. The minimum atomic E-state index is 0.695. The van der Waals surface area contributed by atoms with E-state index in [0.29, 0.717) is 5.84 Å². The fourth-order valence-corrected chi connectivity index (χ4v) is 3.11. The van der Waals surface area contributed by atoms with Gasteiger partial charge < -0.3 is 5.73 Å². The van der Waals surface area contributed by atoms with E-state index in [9.17, 15) is 0 Å². The molecule has 4 rings (SSSR count). The van der Waals surface area contributed by atoms with Gasteiger partial charge in [-0.3, -0.25) is 0 Å². The van der Waals surface area contributed by atoms with Gasteiger partial charge in [-0.1, -0.05) is 48.0 Å². The molecule has 0 atom stereocenters. The molecule has 0 saturated heterocycles. The summed E-state index contributed by atoms with van der Waals surface area (Å²) in [5, 5.41) is 0. The van der Waals surface area contributed by atoms with Crippen LogP contribution in [0.25, 0.3) is 17.2 Å². The molecule has 2 nitrogen and oxygen atoms in total. The summed E-state index contributed by atoms with van der Waals surface area (Å²) in [6, 6.07) is 16.8. The maximum atomic E-state index is 6.17. The molecule has 1 fully saturated rings. The Kier molecular flexibility index (Phi) is 3.38. The van der Waals surface area contributed by atoms with Crippen molar-refractivity contribution in [3.8, 4) is 11.1 Å². The average Bonchev–Trinajstić information content (AvgIpc) is 3.41. The quantitative estimate of drug-likeness (QED) is 0.809. The predicted octanol–water partition coefficient (Wildman–Crippen LogP) is 5.24. The van der Waals surface area contributed by atoms with Crippen LogP contribution >= 0.6 is 0 Å². The summed E-state index contributed by atoms with van der Waals surface area (Å²) in [5.41, 5.74) is 15.0. The summed E-state index contributed by atoms with van der Waals surface area (Å²) in [6.45, 7) is 2.21. The van der Waals surface area contributed by atoms with Crippen molar-refractivity contribution >= 4 is 17.6 Å². The molecule has 2 aliphatic rings. The van der Waals surface area contributed by atoms with E-state index < -0.39 is 0 Å². The fourth-order valence-electron chi connectivity index (χ4n) is 3.11. The third-order valence-electron chi connectivity index (χ3n) is 4.61. The second kappa shape index (κ2) is 5.54. The lowest BCUT2D eigenvalue weighted by atomic mass is 9.98. The van der Waals surface area contributed by atoms with Crippen LogP contribution in [0.5, 0.6) is 0 Å². The normalized spacial score (nSPS) is 16.1. The first kappa shape index (κ1) is 14.0. The zero-order chi connectivity index (χ0) is 15.8. The highest BCUT2D eigenvalue weighted by Gasteiger charge is 2.19. The van der Waals surface area contributed by atoms with Crippen LogP contribution < -0.4 is 5.73 Å². The molecule has 0 unspecified atom stereocenters. The van der Waals surface area contributed by atoms with Gasteiger partial charge in [0.25, 0.3) is 0 Å². The van der Waals surface area contributed by atoms with Crippen LogP contribution in [0.15, 0.2) is 70.2 Å². The van der Waals surface area contributed by atoms with Crippen molar-refractivity contribution in [2.45, 2.75) is 26.2 Å². The molecule has 2 aromatic carbocycles. The van der Waals surface area contributed by atoms with E-state index in [4.69, 9.17) is 5.73 Å². The Hall–Kier alpha value is -2.61. The summed E-state index contributed by atoms with van der Waals surface area (Å²) in [7, 11) is 0. The van der Waals surface area contributed by atoms with Crippen molar-refractivity contribution in [2.24, 2.45) is 10.7 Å². The molecule has 0 aromatic heterocycles. The largest absolute Gasteiger partial charge is 0.387 e. The average molecular weight is 300 g/mol. The second-order valence-electron chi connectivity index (χ2n) is 6.32. The number of nitrogens with two attached hydrogens (primary N) is 1. The zero-order valence-electron chi connectivity index (χ0n) is 13.3. The van der Waals surface area contributed by atoms with Gasteiger partial charge in [0, 0.05) is 12.0 Å². The van der Waals surface area contributed by atoms with Crippen molar-refractivity contribution in [1.82, 2.24) is 0 Å². The molecule has 2 heteroatoms. The summed E-state index contributed by atoms with van der Waals surface area (Å²) in [4.78, 5) is 4.66. The lowest BCUT2D eigenvalue weighted by Gasteiger charge is -2.06. The number of hydrogen-bond acceptors (Lipinski definition) is 2. The molecule has 1 saturated carbocycles. The van der Waals surface area contributed by atoms with Gasteiger partial charge in [-0.25, -0.2) is 4.99 Å². The topological polar surface area (TPSA) is 38.4 Å². The first-order valence-electron chi connectivity index (χ1n) is 8.13. The van der Waals surface area contributed by atoms with Crippen molar-refractivity contribution in [2.75, 3.05) is 0 Å². The van der Waals surface area contributed by atoms with Gasteiger partial charge in [0.1, 0.15) is 5.84 Å². The van der Waals surface area contributed by atoms with E-state index in [1.165, 1.54) is 35.1 Å². The highest BCUT2D eigenvalue weighted by molar-refractivity contribution is 5.92. The molecule has 2 N–H and O–H groups in total. The van der Waals surface area contributed by atoms with Gasteiger partial charge in [-0.2, -0.15) is 0 Å². The molecule has 1 heterocycles. The Morgan fingerprint density at radius 1 is 1.00 bits per heavy atom. The summed E-state index contributed by atoms with van der Waals surface area (Å²) in [5.74, 6) is 0.695. The lowest BCUT2D eigenvalue weighted by Crippen LogP contribution is -2.11. The second-order valence-corrected chi connectivity index (χ2v) is 6.32. The number of fused-ring (bicyclic) bond motifs is 1. The van der Waals surface area contributed by atoms with Gasteiger partial charge in [0.2, 0.25) is 0 Å². The Morgan fingerprint density at radius 2 is 1.78 bits per heavy atom. The Bertz CT molecular complexity index is 849. The predicted molar refractivity (Wildman–Crippen MR) is 97.7 cm³/mol. The Morgan fingerprint density at radius 3 is 2.52 bits per heavy atom. The molecular weight excluding hydrogens is 280 g/mol. The highest BCUT2D eigenvalue weighted by Crippen LogP contribution is 2.38. The van der Waals surface area contributed by atoms with Crippen LogP contribution in [0.1, 0.15) is 31.7 Å². The van der Waals surface area contributed by atoms with Crippen molar-refractivity contribution < 1.29 is 0 Å². The van der Waals surface area contributed by atoms with Crippen LogP contribution in [0.4, 0.5) is 5.69 Å². The minimum Gasteiger partial charge on any atom is -0.387 e. The van der Waals surface area contributed by atoms with E-state index in [-0.39, 0.29) is 0 Å². The third-order valence-corrected chi connectivity index (χ3v) is 4.61. The van der Waals surface area contributed by atoms with Crippen LogP contribution in [-0.2, 0) is 0 Å². The molecule has 1 aliphatic heterocycles. The molecule has 23 heavy (non-hydrogen) atoms. The first-order chi connectivity index (χ1) is 11.2. The van der Waals surface area contributed by atoms with Crippen LogP contribution in [0.3, 0.4) is 0 Å². The van der Waals surface area contributed by atoms with E-state index >= 15 is 0 Å². The number of nitrogens with zero attached hydrogens (tertiary/aromatic N) is 1. The molecule has 114 valence electrons. The van der Waals surface area contributed by atoms with Gasteiger partial charge in [0.05, 0.1) is 5.69 Å². The van der Waals surface area contributed by atoms with Crippen LogP contribution in [0, 0.1) is 0 Å². The number of aliphatic imine (C=N–C) groups is 1. The third kappa shape index (κ3) is 2.85. The fraction of sp³-hybridized carbons (Fsp3) is 0.190. The standard InChI is InChI=1S/C21H20N2/c1-14(15-7-8-15)19-11-18-10-9-17(16-5-3-2-4-6-16)12-20(18)23-21(22)13-19/h2-6,9-12H,7-8,13H2,1H3,(H2,22,23). The van der Waals surface area contributed by atoms with Gasteiger partial charge in [-0.15, -0.1) is 0 Å². The Balaban J connectivity index is 1.80. The van der Waals surface area contributed by atoms with Crippen molar-refractivity contribution in [3.63, 3.8) is 0 Å². The number of rotatable bonds is 2. The van der Waals surface area contributed by atoms with Crippen LogP contribution in [-0.4, -0.2) is 5.84 Å². The summed E-state index contributed by atoms with van der Waals surface area (Å²) < 4.78 is 0. The SMILES string of the molecule is CC(C1=Cc2ccc(-c3ccccc3)cc2N=C(N)C1)=C1CC1. The number of amidine groups is 1. The Labute approximate surface area is 137 Å². The zero-order valence-corrected chi connectivity index (χ0v) is 13.3. The van der Waals surface area contributed by atoms with Crippen molar-refractivity contribution in [3.05, 3.63) is 70.8 Å². The maximum absolute atomic E-state index is 6.17. The monoisotopic (exact) mass is 300 g/mol.